The molecule has 0 atom stereocenters. The Balaban J connectivity index is 2.15. The number of benzene rings is 1. The minimum atomic E-state index is -0.529. The Hall–Kier alpha value is -1.13. The van der Waals surface area contributed by atoms with Gasteiger partial charge in [0.1, 0.15) is 19.0 Å². The largest absolute Gasteiger partial charge is 0.506 e. The van der Waals surface area contributed by atoms with Crippen LogP contribution in [0.4, 0.5) is 0 Å². The molecule has 19 heavy (non-hydrogen) atoms. The Morgan fingerprint density at radius 2 is 1.84 bits per heavy atom. The maximum absolute atomic E-state index is 9.98. The molecule has 0 bridgehead atoms. The number of phenols is 1. The SMILES string of the molecule is NC1(c2c(Cl)c(O)cc3c2OCCO3)CCCCC1. The average molecular weight is 284 g/mol. The van der Waals surface area contributed by atoms with Crippen LogP contribution < -0.4 is 15.2 Å². The van der Waals surface area contributed by atoms with E-state index in [9.17, 15) is 5.11 Å². The van der Waals surface area contributed by atoms with E-state index in [0.717, 1.165) is 25.7 Å². The molecule has 4 nitrogen and oxygen atoms in total. The first-order chi connectivity index (χ1) is 9.12. The van der Waals surface area contributed by atoms with Gasteiger partial charge in [0.15, 0.2) is 11.5 Å². The van der Waals surface area contributed by atoms with Gasteiger partial charge in [-0.05, 0) is 12.8 Å². The number of ether oxygens (including phenoxy) is 2. The van der Waals surface area contributed by atoms with Gasteiger partial charge in [0.05, 0.1) is 5.02 Å². The minimum absolute atomic E-state index is 0.0105. The first kappa shape index (κ1) is 12.9. The first-order valence-electron chi connectivity index (χ1n) is 6.72. The predicted octanol–water partition coefficient (Wildman–Crippen LogP) is 2.93. The monoisotopic (exact) mass is 283 g/mol. The number of aromatic hydroxyl groups is 1. The highest BCUT2D eigenvalue weighted by Crippen LogP contribution is 2.50. The van der Waals surface area contributed by atoms with Crippen LogP contribution in [0.2, 0.25) is 5.02 Å². The number of hydrogen-bond donors (Lipinski definition) is 2. The topological polar surface area (TPSA) is 64.7 Å². The standard InChI is InChI=1S/C14H18ClNO3/c15-12-9(17)8-10-13(19-7-6-18-10)11(12)14(16)4-2-1-3-5-14/h8,17H,1-7,16H2. The molecule has 104 valence electrons. The van der Waals surface area contributed by atoms with Crippen molar-refractivity contribution in [1.29, 1.82) is 0 Å². The molecule has 1 aromatic carbocycles. The van der Waals surface area contributed by atoms with E-state index in [1.165, 1.54) is 12.5 Å². The van der Waals surface area contributed by atoms with Gasteiger partial charge in [-0.2, -0.15) is 0 Å². The van der Waals surface area contributed by atoms with Crippen molar-refractivity contribution in [2.24, 2.45) is 5.73 Å². The van der Waals surface area contributed by atoms with E-state index in [4.69, 9.17) is 26.8 Å². The molecule has 0 amide bonds. The summed E-state index contributed by atoms with van der Waals surface area (Å²) in [6, 6.07) is 1.51. The summed E-state index contributed by atoms with van der Waals surface area (Å²) in [4.78, 5) is 0. The molecule has 5 heteroatoms. The Labute approximate surface area is 117 Å². The van der Waals surface area contributed by atoms with Gasteiger partial charge < -0.3 is 20.3 Å². The van der Waals surface area contributed by atoms with Crippen molar-refractivity contribution < 1.29 is 14.6 Å². The Kier molecular flexibility index (Phi) is 3.23. The molecule has 0 spiro atoms. The van der Waals surface area contributed by atoms with Gasteiger partial charge in [-0.3, -0.25) is 0 Å². The molecular formula is C14H18ClNO3. The van der Waals surface area contributed by atoms with E-state index >= 15 is 0 Å². The van der Waals surface area contributed by atoms with Crippen LogP contribution in [0.25, 0.3) is 0 Å². The predicted molar refractivity (Wildman–Crippen MR) is 73.1 cm³/mol. The molecule has 1 heterocycles. The average Bonchev–Trinajstić information content (AvgIpc) is 2.40. The highest BCUT2D eigenvalue weighted by molar-refractivity contribution is 6.33. The van der Waals surface area contributed by atoms with Gasteiger partial charge in [-0.1, -0.05) is 30.9 Å². The van der Waals surface area contributed by atoms with Crippen LogP contribution in [0.1, 0.15) is 37.7 Å². The molecule has 1 fully saturated rings. The van der Waals surface area contributed by atoms with Crippen molar-refractivity contribution in [2.75, 3.05) is 13.2 Å². The smallest absolute Gasteiger partial charge is 0.168 e. The summed E-state index contributed by atoms with van der Waals surface area (Å²) in [6.45, 7) is 0.961. The molecule has 0 radical (unpaired) electrons. The van der Waals surface area contributed by atoms with E-state index in [1.807, 2.05) is 0 Å². The number of rotatable bonds is 1. The molecule has 3 N–H and O–H groups in total. The van der Waals surface area contributed by atoms with E-state index in [-0.39, 0.29) is 5.75 Å². The maximum Gasteiger partial charge on any atom is 0.168 e. The highest BCUT2D eigenvalue weighted by atomic mass is 35.5. The lowest BCUT2D eigenvalue weighted by Crippen LogP contribution is -2.39. The third-order valence-corrected chi connectivity index (χ3v) is 4.38. The highest BCUT2D eigenvalue weighted by Gasteiger charge is 2.37. The van der Waals surface area contributed by atoms with Crippen LogP contribution >= 0.6 is 11.6 Å². The summed E-state index contributed by atoms with van der Waals surface area (Å²) in [5.74, 6) is 1.16. The van der Waals surface area contributed by atoms with Crippen molar-refractivity contribution in [3.05, 3.63) is 16.7 Å². The fourth-order valence-corrected chi connectivity index (χ4v) is 3.36. The van der Waals surface area contributed by atoms with Gasteiger partial charge >= 0.3 is 0 Å². The summed E-state index contributed by atoms with van der Waals surface area (Å²) in [5, 5.41) is 10.3. The second-order valence-corrected chi connectivity index (χ2v) is 5.70. The fraction of sp³-hybridized carbons (Fsp3) is 0.571. The molecule has 0 aromatic heterocycles. The first-order valence-corrected chi connectivity index (χ1v) is 7.10. The van der Waals surface area contributed by atoms with Crippen LogP contribution in [0, 0.1) is 0 Å². The third kappa shape index (κ3) is 2.13. The Morgan fingerprint density at radius 3 is 2.58 bits per heavy atom. The molecule has 1 aliphatic heterocycles. The van der Waals surface area contributed by atoms with Crippen LogP contribution in [0.15, 0.2) is 6.07 Å². The number of halogens is 1. The number of phenolic OH excluding ortho intramolecular Hbond substituents is 1. The second kappa shape index (κ2) is 4.76. The van der Waals surface area contributed by atoms with Gasteiger partial charge in [0.25, 0.3) is 0 Å². The Morgan fingerprint density at radius 1 is 1.16 bits per heavy atom. The lowest BCUT2D eigenvalue weighted by atomic mass is 9.77. The Bertz CT molecular complexity index is 498. The zero-order valence-electron chi connectivity index (χ0n) is 10.7. The summed E-state index contributed by atoms with van der Waals surface area (Å²) >= 11 is 6.29. The van der Waals surface area contributed by atoms with E-state index in [2.05, 4.69) is 0 Å². The summed E-state index contributed by atoms with van der Waals surface area (Å²) in [6.07, 6.45) is 5.03. The van der Waals surface area contributed by atoms with Crippen molar-refractivity contribution >= 4 is 11.6 Å². The van der Waals surface area contributed by atoms with Crippen LogP contribution in [0.5, 0.6) is 17.2 Å². The lowest BCUT2D eigenvalue weighted by Gasteiger charge is -2.37. The van der Waals surface area contributed by atoms with E-state index in [1.54, 1.807) is 0 Å². The van der Waals surface area contributed by atoms with E-state index < -0.39 is 5.54 Å². The van der Waals surface area contributed by atoms with Crippen LogP contribution in [0.3, 0.4) is 0 Å². The van der Waals surface area contributed by atoms with Crippen molar-refractivity contribution in [1.82, 2.24) is 0 Å². The molecule has 1 aromatic rings. The zero-order chi connectivity index (χ0) is 13.5. The van der Waals surface area contributed by atoms with Crippen molar-refractivity contribution in [3.63, 3.8) is 0 Å². The van der Waals surface area contributed by atoms with Crippen LogP contribution in [-0.4, -0.2) is 18.3 Å². The van der Waals surface area contributed by atoms with Crippen LogP contribution in [-0.2, 0) is 5.54 Å². The molecule has 0 saturated heterocycles. The molecule has 1 aliphatic carbocycles. The van der Waals surface area contributed by atoms with Gasteiger partial charge in [0, 0.05) is 17.2 Å². The quantitative estimate of drug-likeness (QED) is 0.832. The summed E-state index contributed by atoms with van der Waals surface area (Å²) in [5.41, 5.74) is 6.73. The summed E-state index contributed by atoms with van der Waals surface area (Å²) < 4.78 is 11.2. The van der Waals surface area contributed by atoms with Crippen molar-refractivity contribution in [3.8, 4) is 17.2 Å². The van der Waals surface area contributed by atoms with Crippen molar-refractivity contribution in [2.45, 2.75) is 37.6 Å². The maximum atomic E-state index is 9.98. The minimum Gasteiger partial charge on any atom is -0.506 e. The number of hydrogen-bond acceptors (Lipinski definition) is 4. The van der Waals surface area contributed by atoms with Gasteiger partial charge in [0.2, 0.25) is 0 Å². The third-order valence-electron chi connectivity index (χ3n) is 3.99. The van der Waals surface area contributed by atoms with Gasteiger partial charge in [-0.25, -0.2) is 0 Å². The van der Waals surface area contributed by atoms with Gasteiger partial charge in [-0.15, -0.1) is 0 Å². The summed E-state index contributed by atoms with van der Waals surface area (Å²) in [7, 11) is 0. The zero-order valence-corrected chi connectivity index (χ0v) is 11.5. The molecule has 3 rings (SSSR count). The van der Waals surface area contributed by atoms with E-state index in [0.29, 0.717) is 35.3 Å². The molecule has 1 saturated carbocycles. The molecule has 0 unspecified atom stereocenters. The number of fused-ring (bicyclic) bond motifs is 1. The molecular weight excluding hydrogens is 266 g/mol. The normalized spacial score (nSPS) is 21.2. The second-order valence-electron chi connectivity index (χ2n) is 5.33. The fourth-order valence-electron chi connectivity index (χ4n) is 3.03. The molecule has 2 aliphatic rings. The number of nitrogens with two attached hydrogens (primary N) is 1. The lowest BCUT2D eigenvalue weighted by molar-refractivity contribution is 0.163.